The Kier molecular flexibility index (Phi) is 4.61. The molecule has 0 saturated heterocycles. The first kappa shape index (κ1) is 14.5. The fraction of sp³-hybridized carbons (Fsp3) is 0.533. The van der Waals surface area contributed by atoms with Gasteiger partial charge in [0.2, 0.25) is 0 Å². The van der Waals surface area contributed by atoms with Gasteiger partial charge in [-0.2, -0.15) is 0 Å². The molecule has 1 amide bonds. The number of halogens is 2. The molecule has 1 N–H and O–H groups in total. The molecule has 2 rings (SSSR count). The summed E-state index contributed by atoms with van der Waals surface area (Å²) in [4.78, 5) is 12.1. The molecule has 2 nitrogen and oxygen atoms in total. The van der Waals surface area contributed by atoms with Crippen LogP contribution in [0.15, 0.2) is 22.7 Å². The van der Waals surface area contributed by atoms with E-state index in [4.69, 9.17) is 0 Å². The Labute approximate surface area is 121 Å². The number of hydrogen-bond acceptors (Lipinski definition) is 1. The minimum Gasteiger partial charge on any atom is -0.349 e. The van der Waals surface area contributed by atoms with Crippen molar-refractivity contribution < 1.29 is 9.18 Å². The van der Waals surface area contributed by atoms with Crippen molar-refractivity contribution in [2.24, 2.45) is 11.8 Å². The van der Waals surface area contributed by atoms with Gasteiger partial charge in [0, 0.05) is 11.6 Å². The maximum Gasteiger partial charge on any atom is 0.251 e. The summed E-state index contributed by atoms with van der Waals surface area (Å²) in [6.07, 6.45) is 3.20. The quantitative estimate of drug-likeness (QED) is 0.868. The first-order valence-electron chi connectivity index (χ1n) is 6.73. The zero-order chi connectivity index (χ0) is 14.0. The third-order valence-electron chi connectivity index (χ3n) is 4.12. The highest BCUT2D eigenvalue weighted by Crippen LogP contribution is 2.29. The van der Waals surface area contributed by atoms with Crippen molar-refractivity contribution in [2.45, 2.75) is 39.2 Å². The average molecular weight is 328 g/mol. The fourth-order valence-corrected chi connectivity index (χ4v) is 2.96. The molecule has 0 radical (unpaired) electrons. The van der Waals surface area contributed by atoms with Crippen LogP contribution in [-0.2, 0) is 0 Å². The molecule has 1 aliphatic carbocycles. The number of hydrogen-bond donors (Lipinski definition) is 1. The van der Waals surface area contributed by atoms with Crippen LogP contribution < -0.4 is 5.32 Å². The highest BCUT2D eigenvalue weighted by atomic mass is 79.9. The molecular weight excluding hydrogens is 309 g/mol. The van der Waals surface area contributed by atoms with Crippen LogP contribution in [0.3, 0.4) is 0 Å². The molecule has 4 heteroatoms. The molecule has 0 aliphatic heterocycles. The summed E-state index contributed by atoms with van der Waals surface area (Å²) in [6, 6.07) is 4.59. The van der Waals surface area contributed by atoms with E-state index in [2.05, 4.69) is 35.1 Å². The minimum atomic E-state index is -0.350. The predicted octanol–water partition coefficient (Wildman–Crippen LogP) is 4.14. The monoisotopic (exact) mass is 327 g/mol. The summed E-state index contributed by atoms with van der Waals surface area (Å²) in [5.74, 6) is 0.899. The molecule has 0 heterocycles. The van der Waals surface area contributed by atoms with Gasteiger partial charge in [0.15, 0.2) is 0 Å². The summed E-state index contributed by atoms with van der Waals surface area (Å²) >= 11 is 3.10. The lowest BCUT2D eigenvalue weighted by molar-refractivity contribution is 0.0910. The maximum atomic E-state index is 13.1. The van der Waals surface area contributed by atoms with Crippen molar-refractivity contribution in [3.63, 3.8) is 0 Å². The van der Waals surface area contributed by atoms with E-state index in [9.17, 15) is 9.18 Å². The molecular formula is C15H19BrFNO. The van der Waals surface area contributed by atoms with Gasteiger partial charge >= 0.3 is 0 Å². The first-order chi connectivity index (χ1) is 8.97. The van der Waals surface area contributed by atoms with Crippen LogP contribution in [0, 0.1) is 17.7 Å². The van der Waals surface area contributed by atoms with Crippen LogP contribution in [0.5, 0.6) is 0 Å². The molecule has 0 bridgehead atoms. The lowest BCUT2D eigenvalue weighted by atomic mass is 9.79. The van der Waals surface area contributed by atoms with Gasteiger partial charge in [0.1, 0.15) is 5.82 Å². The standard InChI is InChI=1S/C15H19BrFNO/c1-9-3-5-12(7-10(9)2)18-15(19)11-4-6-14(17)13(16)8-11/h4,6,8-10,12H,3,5,7H2,1-2H3,(H,18,19). The third-order valence-corrected chi connectivity index (χ3v) is 4.72. The number of benzene rings is 1. The topological polar surface area (TPSA) is 29.1 Å². The SMILES string of the molecule is CC1CCC(NC(=O)c2ccc(F)c(Br)c2)CC1C. The fourth-order valence-electron chi connectivity index (χ4n) is 2.58. The molecule has 1 aliphatic rings. The number of carbonyl (C=O) groups is 1. The molecule has 3 unspecified atom stereocenters. The van der Waals surface area contributed by atoms with Gasteiger partial charge in [0.25, 0.3) is 5.91 Å². The third kappa shape index (κ3) is 3.56. The van der Waals surface area contributed by atoms with E-state index in [-0.39, 0.29) is 17.8 Å². The largest absolute Gasteiger partial charge is 0.349 e. The Morgan fingerprint density at radius 2 is 2.05 bits per heavy atom. The van der Waals surface area contributed by atoms with Gasteiger partial charge in [0.05, 0.1) is 4.47 Å². The van der Waals surface area contributed by atoms with Crippen molar-refractivity contribution in [3.05, 3.63) is 34.1 Å². The van der Waals surface area contributed by atoms with Crippen LogP contribution in [0.4, 0.5) is 4.39 Å². The normalized spacial score (nSPS) is 27.1. The summed E-state index contributed by atoms with van der Waals surface area (Å²) in [5, 5.41) is 3.05. The molecule has 3 atom stereocenters. The van der Waals surface area contributed by atoms with Crippen molar-refractivity contribution >= 4 is 21.8 Å². The molecule has 0 aromatic heterocycles. The van der Waals surface area contributed by atoms with Gasteiger partial charge in [-0.15, -0.1) is 0 Å². The zero-order valence-corrected chi connectivity index (χ0v) is 12.8. The van der Waals surface area contributed by atoms with Crippen LogP contribution in [0.1, 0.15) is 43.5 Å². The van der Waals surface area contributed by atoms with Gasteiger partial charge < -0.3 is 5.32 Å². The lowest BCUT2D eigenvalue weighted by Gasteiger charge is -2.32. The highest BCUT2D eigenvalue weighted by molar-refractivity contribution is 9.10. The van der Waals surface area contributed by atoms with Gasteiger partial charge in [-0.25, -0.2) is 4.39 Å². The van der Waals surface area contributed by atoms with E-state index >= 15 is 0 Å². The Balaban J connectivity index is 1.99. The van der Waals surface area contributed by atoms with E-state index in [1.54, 1.807) is 0 Å². The summed E-state index contributed by atoms with van der Waals surface area (Å²) in [6.45, 7) is 4.50. The Morgan fingerprint density at radius 1 is 1.32 bits per heavy atom. The first-order valence-corrected chi connectivity index (χ1v) is 7.52. The average Bonchev–Trinajstić information content (AvgIpc) is 2.37. The second-order valence-electron chi connectivity index (χ2n) is 5.57. The lowest BCUT2D eigenvalue weighted by Crippen LogP contribution is -2.39. The Morgan fingerprint density at radius 3 is 2.68 bits per heavy atom. The zero-order valence-electron chi connectivity index (χ0n) is 11.2. The van der Waals surface area contributed by atoms with E-state index < -0.39 is 0 Å². The number of carbonyl (C=O) groups excluding carboxylic acids is 1. The van der Waals surface area contributed by atoms with Gasteiger partial charge in [-0.1, -0.05) is 13.8 Å². The van der Waals surface area contributed by atoms with Crippen LogP contribution >= 0.6 is 15.9 Å². The van der Waals surface area contributed by atoms with Crippen molar-refractivity contribution in [1.29, 1.82) is 0 Å². The smallest absolute Gasteiger partial charge is 0.251 e. The maximum absolute atomic E-state index is 13.1. The summed E-state index contributed by atoms with van der Waals surface area (Å²) in [7, 11) is 0. The Bertz CT molecular complexity index is 477. The van der Waals surface area contributed by atoms with Crippen LogP contribution in [0.25, 0.3) is 0 Å². The van der Waals surface area contributed by atoms with E-state index in [0.29, 0.717) is 16.0 Å². The highest BCUT2D eigenvalue weighted by Gasteiger charge is 2.25. The molecule has 104 valence electrons. The van der Waals surface area contributed by atoms with E-state index in [1.165, 1.54) is 18.2 Å². The Hall–Kier alpha value is -0.900. The van der Waals surface area contributed by atoms with Gasteiger partial charge in [-0.05, 0) is 65.2 Å². The molecule has 1 saturated carbocycles. The van der Waals surface area contributed by atoms with E-state index in [1.807, 2.05) is 0 Å². The summed E-state index contributed by atoms with van der Waals surface area (Å²) < 4.78 is 13.5. The summed E-state index contributed by atoms with van der Waals surface area (Å²) in [5.41, 5.74) is 0.500. The van der Waals surface area contributed by atoms with Crippen LogP contribution in [-0.4, -0.2) is 11.9 Å². The van der Waals surface area contributed by atoms with Gasteiger partial charge in [-0.3, -0.25) is 4.79 Å². The molecule has 1 aromatic rings. The predicted molar refractivity (Wildman–Crippen MR) is 77.5 cm³/mol. The number of nitrogens with one attached hydrogen (secondary N) is 1. The molecule has 0 spiro atoms. The van der Waals surface area contributed by atoms with Crippen molar-refractivity contribution in [1.82, 2.24) is 5.32 Å². The van der Waals surface area contributed by atoms with E-state index in [0.717, 1.165) is 25.2 Å². The van der Waals surface area contributed by atoms with Crippen molar-refractivity contribution in [3.8, 4) is 0 Å². The van der Waals surface area contributed by atoms with Crippen molar-refractivity contribution in [2.75, 3.05) is 0 Å². The van der Waals surface area contributed by atoms with Crippen LogP contribution in [0.2, 0.25) is 0 Å². The number of amides is 1. The minimum absolute atomic E-state index is 0.118. The molecule has 19 heavy (non-hydrogen) atoms. The number of rotatable bonds is 2. The molecule has 1 aromatic carbocycles. The second kappa shape index (κ2) is 6.04. The molecule has 1 fully saturated rings. The second-order valence-corrected chi connectivity index (χ2v) is 6.42.